The van der Waals surface area contributed by atoms with Gasteiger partial charge in [-0.2, -0.15) is 0 Å². The molecule has 0 bridgehead atoms. The molecule has 0 spiro atoms. The summed E-state index contributed by atoms with van der Waals surface area (Å²) in [5.41, 5.74) is 0.228. The van der Waals surface area contributed by atoms with E-state index < -0.39 is 0 Å². The number of nitrogens with zero attached hydrogens (tertiary/aromatic N) is 1. The number of carbonyl (C=O) groups excluding carboxylic acids is 1. The second-order valence-corrected chi connectivity index (χ2v) is 7.43. The third kappa shape index (κ3) is 3.43. The first-order chi connectivity index (χ1) is 12.7. The number of fused-ring (bicyclic) bond motifs is 1. The van der Waals surface area contributed by atoms with Crippen molar-refractivity contribution in [3.05, 3.63) is 68.7 Å². The Bertz CT molecular complexity index is 959. The molecule has 4 rings (SSSR count). The van der Waals surface area contributed by atoms with Crippen molar-refractivity contribution < 1.29 is 9.21 Å². The first-order valence-corrected chi connectivity index (χ1v) is 9.69. The summed E-state index contributed by atoms with van der Waals surface area (Å²) in [5, 5.41) is 5.49. The summed E-state index contributed by atoms with van der Waals surface area (Å²) >= 11 is 1.70. The molecule has 3 heterocycles. The Labute approximate surface area is 155 Å². The zero-order valence-corrected chi connectivity index (χ0v) is 15.1. The highest BCUT2D eigenvalue weighted by Gasteiger charge is 2.25. The predicted molar refractivity (Wildman–Crippen MR) is 103 cm³/mol. The van der Waals surface area contributed by atoms with Crippen LogP contribution in [0.5, 0.6) is 0 Å². The fraction of sp³-hybridized carbons (Fsp3) is 0.300. The first kappa shape index (κ1) is 17.0. The Balaban J connectivity index is 1.53. The second kappa shape index (κ2) is 7.43. The summed E-state index contributed by atoms with van der Waals surface area (Å²) < 4.78 is 5.63. The molecule has 1 aromatic carbocycles. The van der Waals surface area contributed by atoms with Crippen molar-refractivity contribution in [1.29, 1.82) is 0 Å². The van der Waals surface area contributed by atoms with E-state index in [2.05, 4.69) is 21.7 Å². The molecule has 3 aromatic rings. The van der Waals surface area contributed by atoms with Gasteiger partial charge in [0.05, 0.1) is 11.4 Å². The Hall–Kier alpha value is -2.44. The van der Waals surface area contributed by atoms with Crippen LogP contribution in [0, 0.1) is 0 Å². The number of benzene rings is 1. The molecular weight excluding hydrogens is 348 g/mol. The molecule has 5 nitrogen and oxygen atoms in total. The van der Waals surface area contributed by atoms with E-state index in [-0.39, 0.29) is 23.1 Å². The number of hydrogen-bond acceptors (Lipinski definition) is 5. The van der Waals surface area contributed by atoms with Gasteiger partial charge in [-0.15, -0.1) is 11.3 Å². The molecule has 1 saturated heterocycles. The standard InChI is InChI=1S/C20H20N2O3S/c23-16-12-18(25-17-7-2-1-6-14(16)17)20(24)21-13-15(19-8-5-11-26-19)22-9-3-4-10-22/h1-2,5-8,11-12,15H,3-4,9-10,13H2,(H,21,24)/t15-/m1/s1. The van der Waals surface area contributed by atoms with Crippen molar-refractivity contribution in [3.8, 4) is 0 Å². The fourth-order valence-electron chi connectivity index (χ4n) is 3.44. The number of hydrogen-bond donors (Lipinski definition) is 1. The number of nitrogens with one attached hydrogen (secondary N) is 1. The van der Waals surface area contributed by atoms with Gasteiger partial charge in [-0.3, -0.25) is 14.5 Å². The molecule has 134 valence electrons. The molecule has 1 amide bonds. The third-order valence-corrected chi connectivity index (χ3v) is 5.74. The summed E-state index contributed by atoms with van der Waals surface area (Å²) in [6.07, 6.45) is 2.38. The van der Waals surface area contributed by atoms with E-state index >= 15 is 0 Å². The van der Waals surface area contributed by atoms with E-state index in [1.54, 1.807) is 35.6 Å². The molecule has 0 saturated carbocycles. The van der Waals surface area contributed by atoms with Crippen LogP contribution in [0.1, 0.15) is 34.3 Å². The normalized spacial score (nSPS) is 16.0. The molecule has 0 aliphatic carbocycles. The maximum Gasteiger partial charge on any atom is 0.287 e. The van der Waals surface area contributed by atoms with Crippen LogP contribution in [0.3, 0.4) is 0 Å². The lowest BCUT2D eigenvalue weighted by atomic mass is 10.2. The summed E-state index contributed by atoms with van der Waals surface area (Å²) in [5.74, 6) is -0.298. The highest BCUT2D eigenvalue weighted by atomic mass is 32.1. The molecule has 1 atom stereocenters. The highest BCUT2D eigenvalue weighted by Crippen LogP contribution is 2.27. The smallest absolute Gasteiger partial charge is 0.287 e. The Morgan fingerprint density at radius 1 is 1.19 bits per heavy atom. The SMILES string of the molecule is O=C(NC[C@H](c1cccs1)N1CCCC1)c1cc(=O)c2ccccc2o1. The summed E-state index contributed by atoms with van der Waals surface area (Å²) in [7, 11) is 0. The molecule has 6 heteroatoms. The van der Waals surface area contributed by atoms with Gasteiger partial charge in [0.2, 0.25) is 0 Å². The van der Waals surface area contributed by atoms with Gasteiger partial charge in [0, 0.05) is 17.5 Å². The van der Waals surface area contributed by atoms with Crippen LogP contribution >= 0.6 is 11.3 Å². The van der Waals surface area contributed by atoms with E-state index in [0.29, 0.717) is 17.5 Å². The van der Waals surface area contributed by atoms with Crippen molar-refractivity contribution in [3.63, 3.8) is 0 Å². The zero-order valence-electron chi connectivity index (χ0n) is 14.3. The fourth-order valence-corrected chi connectivity index (χ4v) is 4.30. The Kier molecular flexibility index (Phi) is 4.86. The quantitative estimate of drug-likeness (QED) is 0.750. The van der Waals surface area contributed by atoms with Crippen LogP contribution in [0.15, 0.2) is 57.1 Å². The van der Waals surface area contributed by atoms with Crippen LogP contribution in [-0.4, -0.2) is 30.4 Å². The molecule has 1 aliphatic rings. The van der Waals surface area contributed by atoms with E-state index in [4.69, 9.17) is 4.42 Å². The van der Waals surface area contributed by atoms with E-state index in [9.17, 15) is 9.59 Å². The molecule has 1 fully saturated rings. The highest BCUT2D eigenvalue weighted by molar-refractivity contribution is 7.10. The van der Waals surface area contributed by atoms with Crippen LogP contribution in [0.25, 0.3) is 11.0 Å². The van der Waals surface area contributed by atoms with Gasteiger partial charge in [0.15, 0.2) is 11.2 Å². The van der Waals surface area contributed by atoms with Crippen LogP contribution < -0.4 is 10.7 Å². The van der Waals surface area contributed by atoms with Crippen molar-refractivity contribution in [1.82, 2.24) is 10.2 Å². The van der Waals surface area contributed by atoms with E-state index in [1.807, 2.05) is 6.07 Å². The van der Waals surface area contributed by atoms with E-state index in [1.165, 1.54) is 23.8 Å². The number of rotatable bonds is 5. The number of para-hydroxylation sites is 1. The van der Waals surface area contributed by atoms with Gasteiger partial charge >= 0.3 is 0 Å². The molecule has 0 radical (unpaired) electrons. The molecule has 0 unspecified atom stereocenters. The Morgan fingerprint density at radius 3 is 2.77 bits per heavy atom. The lowest BCUT2D eigenvalue weighted by Crippen LogP contribution is -2.36. The molecule has 1 N–H and O–H groups in total. The molecule has 26 heavy (non-hydrogen) atoms. The Morgan fingerprint density at radius 2 is 2.00 bits per heavy atom. The van der Waals surface area contributed by atoms with Crippen molar-refractivity contribution >= 4 is 28.2 Å². The largest absolute Gasteiger partial charge is 0.451 e. The summed E-state index contributed by atoms with van der Waals surface area (Å²) in [4.78, 5) is 28.4. The van der Waals surface area contributed by atoms with Gasteiger partial charge < -0.3 is 9.73 Å². The van der Waals surface area contributed by atoms with Gasteiger partial charge in [-0.05, 0) is 49.5 Å². The first-order valence-electron chi connectivity index (χ1n) is 8.81. The van der Waals surface area contributed by atoms with E-state index in [0.717, 1.165) is 13.1 Å². The third-order valence-electron chi connectivity index (χ3n) is 4.77. The zero-order chi connectivity index (χ0) is 17.9. The van der Waals surface area contributed by atoms with Crippen LogP contribution in [0.4, 0.5) is 0 Å². The second-order valence-electron chi connectivity index (χ2n) is 6.46. The topological polar surface area (TPSA) is 62.6 Å². The van der Waals surface area contributed by atoms with Crippen LogP contribution in [-0.2, 0) is 0 Å². The van der Waals surface area contributed by atoms with Crippen molar-refractivity contribution in [2.24, 2.45) is 0 Å². The monoisotopic (exact) mass is 368 g/mol. The molecule has 1 aliphatic heterocycles. The lowest BCUT2D eigenvalue weighted by molar-refractivity contribution is 0.0911. The average molecular weight is 368 g/mol. The minimum absolute atomic E-state index is 0.0556. The minimum Gasteiger partial charge on any atom is -0.451 e. The van der Waals surface area contributed by atoms with Gasteiger partial charge in [0.25, 0.3) is 5.91 Å². The van der Waals surface area contributed by atoms with Gasteiger partial charge in [0.1, 0.15) is 5.58 Å². The predicted octanol–water partition coefficient (Wildman–Crippen LogP) is 3.42. The van der Waals surface area contributed by atoms with Gasteiger partial charge in [-0.25, -0.2) is 0 Å². The lowest BCUT2D eigenvalue weighted by Gasteiger charge is -2.26. The number of carbonyl (C=O) groups is 1. The molecule has 2 aromatic heterocycles. The number of amides is 1. The van der Waals surface area contributed by atoms with Gasteiger partial charge in [-0.1, -0.05) is 18.2 Å². The number of likely N-dealkylation sites (tertiary alicyclic amines) is 1. The maximum absolute atomic E-state index is 12.6. The average Bonchev–Trinajstić information content (AvgIpc) is 3.36. The summed E-state index contributed by atoms with van der Waals surface area (Å²) in [6, 6.07) is 12.5. The summed E-state index contributed by atoms with van der Waals surface area (Å²) in [6.45, 7) is 2.59. The molecular formula is C20H20N2O3S. The van der Waals surface area contributed by atoms with Crippen LogP contribution in [0.2, 0.25) is 0 Å². The number of thiophene rings is 1. The van der Waals surface area contributed by atoms with Crippen molar-refractivity contribution in [2.75, 3.05) is 19.6 Å². The minimum atomic E-state index is -0.353. The van der Waals surface area contributed by atoms with Crippen molar-refractivity contribution in [2.45, 2.75) is 18.9 Å². The maximum atomic E-state index is 12.6.